The highest BCUT2D eigenvalue weighted by molar-refractivity contribution is 9.10. The van der Waals surface area contributed by atoms with E-state index in [0.717, 1.165) is 45.0 Å². The zero-order valence-electron chi connectivity index (χ0n) is 13.2. The van der Waals surface area contributed by atoms with E-state index < -0.39 is 0 Å². The molecule has 3 aromatic heterocycles. The Hall–Kier alpha value is -2.67. The van der Waals surface area contributed by atoms with E-state index >= 15 is 0 Å². The summed E-state index contributed by atoms with van der Waals surface area (Å²) in [4.78, 5) is 16.4. The maximum absolute atomic E-state index is 11.9. The van der Waals surface area contributed by atoms with Crippen molar-refractivity contribution in [1.29, 1.82) is 0 Å². The van der Waals surface area contributed by atoms with E-state index in [-0.39, 0.29) is 11.8 Å². The molecule has 0 unspecified atom stereocenters. The molecule has 1 saturated carbocycles. The van der Waals surface area contributed by atoms with Gasteiger partial charge in [0.1, 0.15) is 5.65 Å². The zero-order valence-corrected chi connectivity index (χ0v) is 14.7. The van der Waals surface area contributed by atoms with Crippen molar-refractivity contribution in [3.05, 3.63) is 47.3 Å². The van der Waals surface area contributed by atoms with Crippen molar-refractivity contribution in [3.63, 3.8) is 0 Å². The van der Waals surface area contributed by atoms with Crippen molar-refractivity contribution in [1.82, 2.24) is 19.6 Å². The number of aromatic nitrogens is 4. The number of hydrogen-bond acceptors (Lipinski definition) is 3. The standard InChI is InChI=1S/C18H14BrN5O/c19-13-4-5-14-12(7-20-23-14)17(13)11-3-6-16-21-15(9-24(16)8-11)22-18(25)10-1-2-10/h3-10H,1-2H2,(H,20,23)(H,22,25). The molecule has 4 aromatic rings. The van der Waals surface area contributed by atoms with Crippen molar-refractivity contribution in [2.75, 3.05) is 5.32 Å². The maximum Gasteiger partial charge on any atom is 0.228 e. The number of hydrogen-bond donors (Lipinski definition) is 2. The Morgan fingerprint density at radius 2 is 2.12 bits per heavy atom. The molecule has 1 aliphatic rings. The van der Waals surface area contributed by atoms with Gasteiger partial charge in [-0.25, -0.2) is 4.98 Å². The minimum atomic E-state index is 0.0644. The van der Waals surface area contributed by atoms with Gasteiger partial charge in [-0.15, -0.1) is 0 Å². The van der Waals surface area contributed by atoms with Gasteiger partial charge in [0.15, 0.2) is 5.82 Å². The van der Waals surface area contributed by atoms with Crippen molar-refractivity contribution >= 4 is 44.2 Å². The Morgan fingerprint density at radius 3 is 2.96 bits per heavy atom. The van der Waals surface area contributed by atoms with Gasteiger partial charge in [-0.1, -0.05) is 15.9 Å². The maximum atomic E-state index is 11.9. The Balaban J connectivity index is 1.58. The number of carbonyl (C=O) groups excluding carboxylic acids is 1. The number of imidazole rings is 1. The van der Waals surface area contributed by atoms with E-state index in [1.54, 1.807) is 0 Å². The van der Waals surface area contributed by atoms with Gasteiger partial charge in [0, 0.05) is 33.1 Å². The highest BCUT2D eigenvalue weighted by Crippen LogP contribution is 2.35. The summed E-state index contributed by atoms with van der Waals surface area (Å²) in [6.07, 6.45) is 7.65. The Kier molecular flexibility index (Phi) is 3.18. The Morgan fingerprint density at radius 1 is 1.24 bits per heavy atom. The highest BCUT2D eigenvalue weighted by Gasteiger charge is 2.30. The first kappa shape index (κ1) is 14.7. The van der Waals surface area contributed by atoms with Gasteiger partial charge in [-0.3, -0.25) is 9.89 Å². The lowest BCUT2D eigenvalue weighted by Gasteiger charge is -2.07. The second kappa shape index (κ2) is 5.42. The number of aromatic amines is 1. The van der Waals surface area contributed by atoms with Gasteiger partial charge in [0.25, 0.3) is 0 Å². The number of benzene rings is 1. The summed E-state index contributed by atoms with van der Waals surface area (Å²) in [5, 5.41) is 11.1. The SMILES string of the molecule is O=C(Nc1cn2cc(-c3c(Br)ccc4[nH]ncc34)ccc2n1)C1CC1. The van der Waals surface area contributed by atoms with E-state index in [0.29, 0.717) is 5.82 Å². The summed E-state index contributed by atoms with van der Waals surface area (Å²) in [7, 11) is 0. The van der Waals surface area contributed by atoms with Crippen LogP contribution in [0.4, 0.5) is 5.82 Å². The molecule has 0 bridgehead atoms. The third-order valence-corrected chi connectivity index (χ3v) is 5.17. The molecule has 1 fully saturated rings. The average molecular weight is 396 g/mol. The smallest absolute Gasteiger partial charge is 0.228 e. The molecular formula is C18H14BrN5O. The lowest BCUT2D eigenvalue weighted by Crippen LogP contribution is -2.13. The summed E-state index contributed by atoms with van der Waals surface area (Å²) < 4.78 is 2.94. The van der Waals surface area contributed by atoms with Crippen LogP contribution in [0.5, 0.6) is 0 Å². The van der Waals surface area contributed by atoms with Crippen LogP contribution in [0.15, 0.2) is 47.3 Å². The normalized spacial score (nSPS) is 14.3. The molecule has 1 aliphatic carbocycles. The molecule has 0 atom stereocenters. The fourth-order valence-electron chi connectivity index (χ4n) is 3.06. The number of halogens is 1. The van der Waals surface area contributed by atoms with Gasteiger partial charge < -0.3 is 9.72 Å². The lowest BCUT2D eigenvalue weighted by molar-refractivity contribution is -0.117. The third kappa shape index (κ3) is 2.51. The molecule has 0 aliphatic heterocycles. The first-order valence-corrected chi connectivity index (χ1v) is 8.90. The molecule has 1 aromatic carbocycles. The molecule has 25 heavy (non-hydrogen) atoms. The predicted molar refractivity (Wildman–Crippen MR) is 99.3 cm³/mol. The van der Waals surface area contributed by atoms with Crippen molar-refractivity contribution in [2.24, 2.45) is 5.92 Å². The molecule has 0 radical (unpaired) electrons. The van der Waals surface area contributed by atoms with E-state index in [4.69, 9.17) is 0 Å². The molecule has 0 saturated heterocycles. The number of amides is 1. The monoisotopic (exact) mass is 395 g/mol. The summed E-state index contributed by atoms with van der Waals surface area (Å²) >= 11 is 3.64. The second-order valence-electron chi connectivity index (χ2n) is 6.33. The molecular weight excluding hydrogens is 382 g/mol. The fourth-order valence-corrected chi connectivity index (χ4v) is 3.63. The van der Waals surface area contributed by atoms with Crippen LogP contribution in [0.25, 0.3) is 27.7 Å². The number of nitrogens with one attached hydrogen (secondary N) is 2. The largest absolute Gasteiger partial charge is 0.309 e. The topological polar surface area (TPSA) is 75.1 Å². The number of fused-ring (bicyclic) bond motifs is 2. The van der Waals surface area contributed by atoms with E-state index in [1.165, 1.54) is 0 Å². The molecule has 3 heterocycles. The summed E-state index contributed by atoms with van der Waals surface area (Å²) in [5.41, 5.74) is 3.90. The Bertz CT molecular complexity index is 1130. The number of rotatable bonds is 3. The van der Waals surface area contributed by atoms with Crippen LogP contribution in [0.3, 0.4) is 0 Å². The number of carbonyl (C=O) groups is 1. The van der Waals surface area contributed by atoms with Crippen LogP contribution in [0, 0.1) is 5.92 Å². The molecule has 5 rings (SSSR count). The lowest BCUT2D eigenvalue weighted by atomic mass is 10.0. The zero-order chi connectivity index (χ0) is 17.0. The number of pyridine rings is 1. The summed E-state index contributed by atoms with van der Waals surface area (Å²) in [5.74, 6) is 0.819. The second-order valence-corrected chi connectivity index (χ2v) is 7.18. The predicted octanol–water partition coefficient (Wildman–Crippen LogP) is 3.99. The van der Waals surface area contributed by atoms with Gasteiger partial charge >= 0.3 is 0 Å². The molecule has 1 amide bonds. The van der Waals surface area contributed by atoms with Crippen molar-refractivity contribution in [2.45, 2.75) is 12.8 Å². The van der Waals surface area contributed by atoms with Gasteiger partial charge in [-0.05, 0) is 37.1 Å². The van der Waals surface area contributed by atoms with Crippen molar-refractivity contribution < 1.29 is 4.79 Å². The summed E-state index contributed by atoms with van der Waals surface area (Å²) in [6.45, 7) is 0. The first-order valence-electron chi connectivity index (χ1n) is 8.10. The molecule has 6 nitrogen and oxygen atoms in total. The number of H-pyrrole nitrogens is 1. The third-order valence-electron chi connectivity index (χ3n) is 4.51. The van der Waals surface area contributed by atoms with Gasteiger partial charge in [0.2, 0.25) is 5.91 Å². The van der Waals surface area contributed by atoms with Crippen molar-refractivity contribution in [3.8, 4) is 11.1 Å². The average Bonchev–Trinajstić information content (AvgIpc) is 3.22. The molecule has 0 spiro atoms. The van der Waals surface area contributed by atoms with Gasteiger partial charge in [0.05, 0.1) is 17.9 Å². The Labute approximate surface area is 151 Å². The van der Waals surface area contributed by atoms with Crippen LogP contribution in [-0.2, 0) is 4.79 Å². The minimum Gasteiger partial charge on any atom is -0.309 e. The molecule has 124 valence electrons. The van der Waals surface area contributed by atoms with E-state index in [9.17, 15) is 4.79 Å². The summed E-state index contributed by atoms with van der Waals surface area (Å²) in [6, 6.07) is 7.99. The van der Waals surface area contributed by atoms with Crippen LogP contribution < -0.4 is 5.32 Å². The van der Waals surface area contributed by atoms with Crippen LogP contribution in [0.1, 0.15) is 12.8 Å². The van der Waals surface area contributed by atoms with Crippen LogP contribution in [0.2, 0.25) is 0 Å². The fraction of sp³-hybridized carbons (Fsp3) is 0.167. The van der Waals surface area contributed by atoms with E-state index in [2.05, 4.69) is 36.4 Å². The van der Waals surface area contributed by atoms with E-state index in [1.807, 2.05) is 47.3 Å². The molecule has 2 N–H and O–H groups in total. The van der Waals surface area contributed by atoms with Crippen LogP contribution in [-0.4, -0.2) is 25.5 Å². The first-order chi connectivity index (χ1) is 12.2. The van der Waals surface area contributed by atoms with Crippen LogP contribution >= 0.6 is 15.9 Å². The quantitative estimate of drug-likeness (QED) is 0.550. The number of anilines is 1. The minimum absolute atomic E-state index is 0.0644. The number of nitrogens with zero attached hydrogens (tertiary/aromatic N) is 3. The highest BCUT2D eigenvalue weighted by atomic mass is 79.9. The molecule has 7 heteroatoms. The van der Waals surface area contributed by atoms with Gasteiger partial charge in [-0.2, -0.15) is 5.10 Å².